The minimum absolute atomic E-state index is 0.647. The SMILES string of the molecule is [2H]c1cc(CC(C)C)ccc1I. The van der Waals surface area contributed by atoms with E-state index in [2.05, 4.69) is 42.5 Å². The van der Waals surface area contributed by atoms with E-state index in [1.54, 1.807) is 0 Å². The summed E-state index contributed by atoms with van der Waals surface area (Å²) in [6.45, 7) is 4.39. The van der Waals surface area contributed by atoms with E-state index in [0.29, 0.717) is 12.0 Å². The van der Waals surface area contributed by atoms with Crippen molar-refractivity contribution in [3.05, 3.63) is 33.4 Å². The molecule has 0 aromatic heterocycles. The summed E-state index contributed by atoms with van der Waals surface area (Å²) in [5, 5.41) is 0. The monoisotopic (exact) mass is 261 g/mol. The van der Waals surface area contributed by atoms with E-state index < -0.39 is 0 Å². The second kappa shape index (κ2) is 4.10. The van der Waals surface area contributed by atoms with Crippen molar-refractivity contribution in [3.63, 3.8) is 0 Å². The van der Waals surface area contributed by atoms with E-state index in [1.807, 2.05) is 12.1 Å². The summed E-state index contributed by atoms with van der Waals surface area (Å²) in [6, 6.07) is 6.73. The molecule has 0 aliphatic carbocycles. The maximum Gasteiger partial charge on any atom is 0.0634 e. The van der Waals surface area contributed by atoms with E-state index in [-0.39, 0.29) is 0 Å². The van der Waals surface area contributed by atoms with Crippen molar-refractivity contribution < 1.29 is 1.37 Å². The summed E-state index contributed by atoms with van der Waals surface area (Å²) in [6.07, 6.45) is 1.07. The maximum absolute atomic E-state index is 7.60. The normalized spacial score (nSPS) is 11.8. The maximum atomic E-state index is 7.60. The van der Waals surface area contributed by atoms with E-state index >= 15 is 0 Å². The quantitative estimate of drug-likeness (QED) is 0.715. The van der Waals surface area contributed by atoms with Crippen LogP contribution in [0.3, 0.4) is 0 Å². The first-order valence-corrected chi connectivity index (χ1v) is 4.92. The molecule has 0 atom stereocenters. The molecular formula is C10H13I. The van der Waals surface area contributed by atoms with Crippen molar-refractivity contribution in [2.45, 2.75) is 20.3 Å². The fourth-order valence-electron chi connectivity index (χ4n) is 1.04. The highest BCUT2D eigenvalue weighted by Gasteiger charge is 1.95. The van der Waals surface area contributed by atoms with Crippen LogP contribution in [-0.2, 0) is 6.42 Å². The van der Waals surface area contributed by atoms with Crippen LogP contribution in [0.4, 0.5) is 0 Å². The second-order valence-corrected chi connectivity index (χ2v) is 4.31. The Kier molecular flexibility index (Phi) is 2.83. The summed E-state index contributed by atoms with van der Waals surface area (Å²) >= 11 is 2.19. The minimum Gasteiger partial charge on any atom is -0.0625 e. The molecule has 1 aromatic rings. The Morgan fingerprint density at radius 2 is 2.18 bits per heavy atom. The molecule has 0 saturated carbocycles. The van der Waals surface area contributed by atoms with Crippen LogP contribution in [0.5, 0.6) is 0 Å². The summed E-state index contributed by atoms with van der Waals surface area (Å²) in [5.74, 6) is 0.671. The zero-order valence-corrected chi connectivity index (χ0v) is 9.05. The van der Waals surface area contributed by atoms with Gasteiger partial charge in [0.1, 0.15) is 0 Å². The fourth-order valence-corrected chi connectivity index (χ4v) is 1.37. The molecule has 60 valence electrons. The zero-order chi connectivity index (χ0) is 9.14. The van der Waals surface area contributed by atoms with Crippen LogP contribution >= 0.6 is 22.6 Å². The van der Waals surface area contributed by atoms with E-state index in [4.69, 9.17) is 1.37 Å². The molecule has 0 N–H and O–H groups in total. The molecule has 11 heavy (non-hydrogen) atoms. The molecular weight excluding hydrogens is 247 g/mol. The molecule has 0 unspecified atom stereocenters. The van der Waals surface area contributed by atoms with Crippen LogP contribution in [0.1, 0.15) is 20.8 Å². The molecule has 0 aliphatic rings. The molecule has 0 spiro atoms. The average Bonchev–Trinajstić information content (AvgIpc) is 1.96. The van der Waals surface area contributed by atoms with Crippen molar-refractivity contribution in [3.8, 4) is 0 Å². The summed E-state index contributed by atoms with van der Waals surface area (Å²) in [4.78, 5) is 0. The van der Waals surface area contributed by atoms with Crippen LogP contribution in [0, 0.1) is 9.49 Å². The molecule has 0 aliphatic heterocycles. The third kappa shape index (κ3) is 3.23. The lowest BCUT2D eigenvalue weighted by Crippen LogP contribution is -1.93. The molecule has 0 amide bonds. The van der Waals surface area contributed by atoms with Crippen molar-refractivity contribution in [1.82, 2.24) is 0 Å². The Bertz CT molecular complexity index is 269. The third-order valence-electron chi connectivity index (χ3n) is 1.48. The zero-order valence-electron chi connectivity index (χ0n) is 7.89. The highest BCUT2D eigenvalue weighted by Crippen LogP contribution is 2.10. The third-order valence-corrected chi connectivity index (χ3v) is 2.15. The molecule has 0 bridgehead atoms. The number of hydrogen-bond acceptors (Lipinski definition) is 0. The van der Waals surface area contributed by atoms with Crippen molar-refractivity contribution in [2.75, 3.05) is 0 Å². The number of halogens is 1. The smallest absolute Gasteiger partial charge is 0.0625 e. The lowest BCUT2D eigenvalue weighted by molar-refractivity contribution is 0.647. The Morgan fingerprint density at radius 1 is 1.45 bits per heavy atom. The van der Waals surface area contributed by atoms with Crippen molar-refractivity contribution >= 4 is 22.6 Å². The Morgan fingerprint density at radius 3 is 2.73 bits per heavy atom. The van der Waals surface area contributed by atoms with Gasteiger partial charge in [-0.3, -0.25) is 0 Å². The Hall–Kier alpha value is -0.0500. The highest BCUT2D eigenvalue weighted by atomic mass is 127. The van der Waals surface area contributed by atoms with E-state index in [1.165, 1.54) is 5.56 Å². The number of hydrogen-bond donors (Lipinski definition) is 0. The summed E-state index contributed by atoms with van der Waals surface area (Å²) in [7, 11) is 0. The van der Waals surface area contributed by atoms with E-state index in [0.717, 1.165) is 9.99 Å². The highest BCUT2D eigenvalue weighted by molar-refractivity contribution is 14.1. The average molecular weight is 261 g/mol. The first-order chi connectivity index (χ1) is 5.59. The van der Waals surface area contributed by atoms with Crippen molar-refractivity contribution in [1.29, 1.82) is 0 Å². The lowest BCUT2D eigenvalue weighted by Gasteiger charge is -2.03. The first-order valence-electron chi connectivity index (χ1n) is 4.34. The molecule has 1 heteroatoms. The number of rotatable bonds is 2. The van der Waals surface area contributed by atoms with Crippen LogP contribution in [0.2, 0.25) is 0 Å². The van der Waals surface area contributed by atoms with Gasteiger partial charge in [-0.25, -0.2) is 0 Å². The first kappa shape index (κ1) is 7.59. The minimum atomic E-state index is 0.647. The van der Waals surface area contributed by atoms with Gasteiger partial charge in [0, 0.05) is 3.57 Å². The van der Waals surface area contributed by atoms with Gasteiger partial charge in [0.05, 0.1) is 1.37 Å². The lowest BCUT2D eigenvalue weighted by atomic mass is 10.0. The topological polar surface area (TPSA) is 0 Å². The van der Waals surface area contributed by atoms with Crippen LogP contribution in [0.25, 0.3) is 0 Å². The standard InChI is InChI=1S/C10H13I/c1-8(2)7-9-3-5-10(11)6-4-9/h3-6,8H,7H2,1-2H3/i5D. The van der Waals surface area contributed by atoms with Crippen LogP contribution < -0.4 is 0 Å². The molecule has 0 nitrogen and oxygen atoms in total. The largest absolute Gasteiger partial charge is 0.0634 e. The molecule has 0 saturated heterocycles. The van der Waals surface area contributed by atoms with Crippen LogP contribution in [-0.4, -0.2) is 0 Å². The second-order valence-electron chi connectivity index (χ2n) is 3.14. The van der Waals surface area contributed by atoms with Crippen LogP contribution in [0.15, 0.2) is 24.2 Å². The molecule has 0 fully saturated rings. The van der Waals surface area contributed by atoms with Gasteiger partial charge in [0.25, 0.3) is 0 Å². The van der Waals surface area contributed by atoms with Gasteiger partial charge < -0.3 is 0 Å². The van der Waals surface area contributed by atoms with Gasteiger partial charge in [0.2, 0.25) is 0 Å². The summed E-state index contributed by atoms with van der Waals surface area (Å²) in [5.41, 5.74) is 1.27. The van der Waals surface area contributed by atoms with Gasteiger partial charge >= 0.3 is 0 Å². The number of benzene rings is 1. The van der Waals surface area contributed by atoms with Gasteiger partial charge in [-0.1, -0.05) is 26.0 Å². The predicted molar refractivity (Wildman–Crippen MR) is 57.7 cm³/mol. The molecule has 0 radical (unpaired) electrons. The van der Waals surface area contributed by atoms with Gasteiger partial charge in [0.15, 0.2) is 0 Å². The Balaban J connectivity index is 2.82. The molecule has 0 heterocycles. The Labute approximate surface area is 83.6 Å². The summed E-state index contributed by atoms with van der Waals surface area (Å²) < 4.78 is 8.63. The van der Waals surface area contributed by atoms with Gasteiger partial charge in [-0.15, -0.1) is 0 Å². The predicted octanol–water partition coefficient (Wildman–Crippen LogP) is 3.49. The van der Waals surface area contributed by atoms with Gasteiger partial charge in [-0.2, -0.15) is 0 Å². The molecule has 1 rings (SSSR count). The fraction of sp³-hybridized carbons (Fsp3) is 0.400. The van der Waals surface area contributed by atoms with Gasteiger partial charge in [-0.05, 0) is 52.6 Å². The van der Waals surface area contributed by atoms with Crippen molar-refractivity contribution in [2.24, 2.45) is 5.92 Å². The molecule has 1 aromatic carbocycles. The van der Waals surface area contributed by atoms with E-state index in [9.17, 15) is 0 Å².